The predicted octanol–water partition coefficient (Wildman–Crippen LogP) is 6.76. The van der Waals surface area contributed by atoms with Gasteiger partial charge in [0.2, 0.25) is 5.91 Å². The first-order valence-corrected chi connectivity index (χ1v) is 31.8. The van der Waals surface area contributed by atoms with Crippen LogP contribution in [-0.2, 0) is 33.2 Å². The van der Waals surface area contributed by atoms with Crippen LogP contribution < -0.4 is 5.32 Å². The van der Waals surface area contributed by atoms with Crippen LogP contribution in [0.25, 0.3) is 0 Å². The summed E-state index contributed by atoms with van der Waals surface area (Å²) in [6.45, 7) is 1.57. The van der Waals surface area contributed by atoms with E-state index >= 15 is 0 Å². The molecule has 17 atom stereocenters. The molecule has 484 valence electrons. The van der Waals surface area contributed by atoms with Gasteiger partial charge in [-0.2, -0.15) is 0 Å². The molecule has 0 aliphatic carbocycles. The van der Waals surface area contributed by atoms with E-state index in [9.17, 15) is 61.0 Å². The van der Waals surface area contributed by atoms with Crippen molar-refractivity contribution in [3.8, 4) is 0 Å². The van der Waals surface area contributed by atoms with Crippen molar-refractivity contribution in [1.29, 1.82) is 0 Å². The van der Waals surface area contributed by atoms with Gasteiger partial charge in [-0.15, -0.1) is 0 Å². The van der Waals surface area contributed by atoms with Gasteiger partial charge in [0, 0.05) is 6.42 Å². The van der Waals surface area contributed by atoms with Crippen molar-refractivity contribution in [2.24, 2.45) is 0 Å². The number of aliphatic hydroxyl groups excluding tert-OH is 11. The number of allylic oxidation sites excluding steroid dienone is 13. The number of amides is 1. The molecule has 3 aliphatic rings. The van der Waals surface area contributed by atoms with E-state index in [0.29, 0.717) is 6.42 Å². The second-order valence-electron chi connectivity index (χ2n) is 22.5. The fourth-order valence-corrected chi connectivity index (χ4v) is 10.3. The Morgan fingerprint density at radius 1 is 0.440 bits per heavy atom. The fourth-order valence-electron chi connectivity index (χ4n) is 10.3. The zero-order valence-electron chi connectivity index (χ0n) is 50.6. The lowest BCUT2D eigenvalue weighted by Crippen LogP contribution is -2.66. The van der Waals surface area contributed by atoms with E-state index in [1.165, 1.54) is 57.8 Å². The second kappa shape index (κ2) is 47.0. The molecule has 19 nitrogen and oxygen atoms in total. The highest BCUT2D eigenvalue weighted by atomic mass is 16.8. The van der Waals surface area contributed by atoms with E-state index in [-0.39, 0.29) is 18.9 Å². The number of hydrogen-bond acceptors (Lipinski definition) is 18. The lowest BCUT2D eigenvalue weighted by atomic mass is 9.96. The Bertz CT molecular complexity index is 1860. The number of unbranched alkanes of at least 4 members (excludes halogenated alkanes) is 18. The van der Waals surface area contributed by atoms with Gasteiger partial charge in [0.1, 0.15) is 73.2 Å². The van der Waals surface area contributed by atoms with E-state index in [1.807, 2.05) is 6.08 Å². The molecule has 19 heteroatoms. The highest BCUT2D eigenvalue weighted by Gasteiger charge is 2.53. The molecule has 0 bridgehead atoms. The van der Waals surface area contributed by atoms with Crippen molar-refractivity contribution in [3.05, 3.63) is 85.1 Å². The summed E-state index contributed by atoms with van der Waals surface area (Å²) in [5.41, 5.74) is 0. The Hall–Kier alpha value is -3.03. The van der Waals surface area contributed by atoms with Crippen molar-refractivity contribution >= 4 is 5.91 Å². The number of carbonyl (C=O) groups is 1. The first-order valence-electron chi connectivity index (χ1n) is 31.8. The Labute approximate surface area is 501 Å². The molecule has 17 unspecified atom stereocenters. The number of rotatable bonds is 46. The predicted molar refractivity (Wildman–Crippen MR) is 323 cm³/mol. The van der Waals surface area contributed by atoms with Crippen molar-refractivity contribution in [2.45, 2.75) is 291 Å². The van der Waals surface area contributed by atoms with Crippen molar-refractivity contribution < 1.29 is 89.4 Å². The summed E-state index contributed by atoms with van der Waals surface area (Å²) in [6, 6.07) is -0.982. The monoisotopic (exact) mass is 1190 g/mol. The van der Waals surface area contributed by atoms with Crippen LogP contribution in [0.5, 0.6) is 0 Å². The van der Waals surface area contributed by atoms with Gasteiger partial charge in [-0.25, -0.2) is 0 Å². The lowest BCUT2D eigenvalue weighted by molar-refractivity contribution is -0.379. The summed E-state index contributed by atoms with van der Waals surface area (Å²) in [6.07, 6.45) is 31.3. The van der Waals surface area contributed by atoms with E-state index < -0.39 is 124 Å². The Morgan fingerprint density at radius 2 is 0.821 bits per heavy atom. The summed E-state index contributed by atoms with van der Waals surface area (Å²) < 4.78 is 34.2. The molecule has 0 saturated carbocycles. The van der Waals surface area contributed by atoms with Crippen LogP contribution in [-0.4, -0.2) is 193 Å². The van der Waals surface area contributed by atoms with Gasteiger partial charge in [0.15, 0.2) is 18.9 Å². The molecule has 0 aromatic heterocycles. The topological polar surface area (TPSA) is 307 Å². The van der Waals surface area contributed by atoms with Gasteiger partial charge >= 0.3 is 0 Å². The van der Waals surface area contributed by atoms with Gasteiger partial charge in [-0.3, -0.25) is 4.79 Å². The zero-order chi connectivity index (χ0) is 61.2. The van der Waals surface area contributed by atoms with Crippen LogP contribution in [0.15, 0.2) is 85.1 Å². The fraction of sp³-hybridized carbons (Fsp3) is 0.769. The summed E-state index contributed by atoms with van der Waals surface area (Å²) >= 11 is 0. The molecule has 3 heterocycles. The molecule has 1 amide bonds. The average molecular weight is 1190 g/mol. The highest BCUT2D eigenvalue weighted by Crippen LogP contribution is 2.33. The van der Waals surface area contributed by atoms with Gasteiger partial charge in [-0.1, -0.05) is 195 Å². The van der Waals surface area contributed by atoms with Gasteiger partial charge < -0.3 is 89.9 Å². The molecule has 3 aliphatic heterocycles. The number of nitrogens with one attached hydrogen (secondary N) is 1. The summed E-state index contributed by atoms with van der Waals surface area (Å²) in [4.78, 5) is 13.3. The van der Waals surface area contributed by atoms with Gasteiger partial charge in [0.05, 0.1) is 38.6 Å². The second-order valence-corrected chi connectivity index (χ2v) is 22.5. The maximum Gasteiger partial charge on any atom is 0.220 e. The molecule has 0 aromatic carbocycles. The van der Waals surface area contributed by atoms with E-state index in [0.717, 1.165) is 103 Å². The molecule has 84 heavy (non-hydrogen) atoms. The third kappa shape index (κ3) is 29.8. The van der Waals surface area contributed by atoms with Crippen LogP contribution in [0.3, 0.4) is 0 Å². The van der Waals surface area contributed by atoms with Crippen LogP contribution in [0.1, 0.15) is 187 Å². The quantitative estimate of drug-likeness (QED) is 0.0221. The number of hydrogen-bond donors (Lipinski definition) is 12. The number of ether oxygens (including phenoxy) is 6. The molecule has 3 fully saturated rings. The molecule has 0 spiro atoms. The van der Waals surface area contributed by atoms with Crippen LogP contribution >= 0.6 is 0 Å². The SMILES string of the molecule is CC/C=C\C/C=C\C/C=C\C/C=C\C/C=C\C/C=C\CCCCCCCCCCC(=O)NC(COC1OC(CO)C(OC2OC(CO)C(OC3OC(CO)C(O)C(O)C3O)C(O)C2O)C(O)C1O)C(O)/C=C/CCCCCCCCCCCC. The largest absolute Gasteiger partial charge is 0.394 e. The van der Waals surface area contributed by atoms with Crippen LogP contribution in [0, 0.1) is 0 Å². The maximum absolute atomic E-state index is 13.3. The standard InChI is InChI=1S/C65H111NO18/c1-3-5-7-9-11-13-15-17-18-19-20-21-22-23-24-25-26-27-28-29-30-31-33-35-37-39-41-43-53(71)66-48(49(70)42-40-38-36-34-32-16-14-12-10-8-6-4-2)47-79-63-59(77)56(74)61(51(45-68)81-63)84-65-60(78)57(75)62(52(46-69)82-65)83-64-58(76)55(73)54(72)50(44-67)80-64/h5,7,11,13,17-18,20-21,23-24,26-27,40,42,48-52,54-65,67-70,72-78H,3-4,6,8-10,12,14-16,19,22,25,28-39,41,43-47H2,1-2H3,(H,66,71)/b7-5-,13-11-,18-17-,21-20-,24-23-,27-26-,42-40+. The third-order valence-electron chi connectivity index (χ3n) is 15.4. The highest BCUT2D eigenvalue weighted by molar-refractivity contribution is 5.76. The minimum absolute atomic E-state index is 0.228. The van der Waals surface area contributed by atoms with E-state index in [2.05, 4.69) is 92.1 Å². The van der Waals surface area contributed by atoms with E-state index in [1.54, 1.807) is 6.08 Å². The normalized spacial score (nSPS) is 29.8. The molecule has 3 saturated heterocycles. The van der Waals surface area contributed by atoms with Crippen molar-refractivity contribution in [2.75, 3.05) is 26.4 Å². The minimum atomic E-state index is -1.98. The van der Waals surface area contributed by atoms with Gasteiger partial charge in [0.25, 0.3) is 0 Å². The van der Waals surface area contributed by atoms with Crippen molar-refractivity contribution in [1.82, 2.24) is 5.32 Å². The maximum atomic E-state index is 13.3. The number of aliphatic hydroxyl groups is 11. The van der Waals surface area contributed by atoms with Crippen molar-refractivity contribution in [3.63, 3.8) is 0 Å². The summed E-state index contributed by atoms with van der Waals surface area (Å²) in [5.74, 6) is -0.290. The first kappa shape index (κ1) is 75.2. The molecule has 0 radical (unpaired) electrons. The average Bonchev–Trinajstić information content (AvgIpc) is 2.98. The lowest BCUT2D eigenvalue weighted by Gasteiger charge is -2.48. The third-order valence-corrected chi connectivity index (χ3v) is 15.4. The molecule has 0 aromatic rings. The summed E-state index contributed by atoms with van der Waals surface area (Å²) in [5, 5.41) is 120. The zero-order valence-corrected chi connectivity index (χ0v) is 50.6. The number of carbonyl (C=O) groups excluding carboxylic acids is 1. The molecular formula is C65H111NO18. The van der Waals surface area contributed by atoms with Gasteiger partial charge in [-0.05, 0) is 70.6 Å². The van der Waals surface area contributed by atoms with Crippen LogP contribution in [0.4, 0.5) is 0 Å². The molecular weight excluding hydrogens is 1080 g/mol. The summed E-state index contributed by atoms with van der Waals surface area (Å²) in [7, 11) is 0. The molecule has 3 rings (SSSR count). The Kier molecular flexibility index (Phi) is 42.1. The minimum Gasteiger partial charge on any atom is -0.394 e. The van der Waals surface area contributed by atoms with Crippen LogP contribution in [0.2, 0.25) is 0 Å². The molecule has 12 N–H and O–H groups in total. The smallest absolute Gasteiger partial charge is 0.220 e. The first-order chi connectivity index (χ1) is 40.8. The Morgan fingerprint density at radius 3 is 1.29 bits per heavy atom. The van der Waals surface area contributed by atoms with E-state index in [4.69, 9.17) is 28.4 Å². The Balaban J connectivity index is 1.44.